The molecule has 1 heterocycles. The maximum atomic E-state index is 12.6. The Hall–Kier alpha value is -1.84. The van der Waals surface area contributed by atoms with Crippen molar-refractivity contribution < 1.29 is 9.59 Å². The second-order valence-corrected chi connectivity index (χ2v) is 6.20. The number of piperidine rings is 1. The van der Waals surface area contributed by atoms with Gasteiger partial charge in [-0.25, -0.2) is 0 Å². The van der Waals surface area contributed by atoms with E-state index in [2.05, 4.69) is 19.9 Å². The molecule has 4 nitrogen and oxygen atoms in total. The average Bonchev–Trinajstić information content (AvgIpc) is 2.46. The summed E-state index contributed by atoms with van der Waals surface area (Å²) < 4.78 is 0. The van der Waals surface area contributed by atoms with Gasteiger partial charge in [-0.1, -0.05) is 26.0 Å². The quantitative estimate of drug-likeness (QED) is 0.928. The van der Waals surface area contributed by atoms with Crippen LogP contribution in [0.3, 0.4) is 0 Å². The van der Waals surface area contributed by atoms with Gasteiger partial charge in [0.05, 0.1) is 0 Å². The minimum absolute atomic E-state index is 0.0609. The summed E-state index contributed by atoms with van der Waals surface area (Å²) >= 11 is 0. The third-order valence-electron chi connectivity index (χ3n) is 4.33. The van der Waals surface area contributed by atoms with Crippen LogP contribution in [0.15, 0.2) is 18.2 Å². The molecule has 2 N–H and O–H groups in total. The first-order chi connectivity index (χ1) is 9.90. The van der Waals surface area contributed by atoms with Crippen molar-refractivity contribution in [1.29, 1.82) is 0 Å². The Balaban J connectivity index is 2.09. The Kier molecular flexibility index (Phi) is 4.66. The predicted octanol–water partition coefficient (Wildman–Crippen LogP) is 2.46. The highest BCUT2D eigenvalue weighted by Crippen LogP contribution is 2.22. The fourth-order valence-electron chi connectivity index (χ4n) is 2.82. The first-order valence-electron chi connectivity index (χ1n) is 7.59. The topological polar surface area (TPSA) is 63.4 Å². The molecule has 21 heavy (non-hydrogen) atoms. The lowest BCUT2D eigenvalue weighted by Crippen LogP contribution is -2.41. The molecular weight excluding hydrogens is 264 g/mol. The number of hydrogen-bond acceptors (Lipinski definition) is 2. The lowest BCUT2D eigenvalue weighted by molar-refractivity contribution is -0.123. The first-order valence-corrected chi connectivity index (χ1v) is 7.59. The van der Waals surface area contributed by atoms with E-state index in [0.29, 0.717) is 31.8 Å². The van der Waals surface area contributed by atoms with E-state index in [9.17, 15) is 9.59 Å². The maximum Gasteiger partial charge on any atom is 0.254 e. The van der Waals surface area contributed by atoms with Crippen LogP contribution in [0.4, 0.5) is 0 Å². The number of primary amides is 1. The lowest BCUT2D eigenvalue weighted by Gasteiger charge is -2.31. The standard InChI is InChI=1S/C17H24N2O2/c1-11(2)14-4-5-15(12(3)10-14)17(21)19-8-6-13(7-9-19)16(18)20/h4-5,10-11,13H,6-9H2,1-3H3,(H2,18,20). The SMILES string of the molecule is Cc1cc(C(C)C)ccc1C(=O)N1CCC(C(N)=O)CC1. The summed E-state index contributed by atoms with van der Waals surface area (Å²) in [6.45, 7) is 7.49. The molecule has 0 bridgehead atoms. The van der Waals surface area contributed by atoms with Crippen molar-refractivity contribution in [3.63, 3.8) is 0 Å². The highest BCUT2D eigenvalue weighted by Gasteiger charge is 2.27. The summed E-state index contributed by atoms with van der Waals surface area (Å²) in [5, 5.41) is 0. The number of hydrogen-bond donors (Lipinski definition) is 1. The molecule has 0 saturated carbocycles. The molecule has 0 aromatic heterocycles. The van der Waals surface area contributed by atoms with Gasteiger partial charge in [0.25, 0.3) is 5.91 Å². The van der Waals surface area contributed by atoms with Gasteiger partial charge in [-0.15, -0.1) is 0 Å². The van der Waals surface area contributed by atoms with E-state index in [-0.39, 0.29) is 17.7 Å². The summed E-state index contributed by atoms with van der Waals surface area (Å²) in [7, 11) is 0. The molecule has 1 aromatic carbocycles. The Morgan fingerprint density at radius 2 is 1.86 bits per heavy atom. The molecular formula is C17H24N2O2. The number of rotatable bonds is 3. The van der Waals surface area contributed by atoms with Gasteiger partial charge in [-0.05, 0) is 42.9 Å². The minimum Gasteiger partial charge on any atom is -0.369 e. The molecule has 2 rings (SSSR count). The smallest absolute Gasteiger partial charge is 0.254 e. The monoisotopic (exact) mass is 288 g/mol. The fourth-order valence-corrected chi connectivity index (χ4v) is 2.82. The fraction of sp³-hybridized carbons (Fsp3) is 0.529. The number of carbonyl (C=O) groups is 2. The molecule has 0 atom stereocenters. The molecule has 114 valence electrons. The maximum absolute atomic E-state index is 12.6. The van der Waals surface area contributed by atoms with Crippen LogP contribution in [-0.4, -0.2) is 29.8 Å². The van der Waals surface area contributed by atoms with E-state index < -0.39 is 0 Å². The normalized spacial score (nSPS) is 16.3. The second kappa shape index (κ2) is 6.29. The highest BCUT2D eigenvalue weighted by atomic mass is 16.2. The van der Waals surface area contributed by atoms with Gasteiger partial charge in [0, 0.05) is 24.6 Å². The Morgan fingerprint density at radius 1 is 1.24 bits per heavy atom. The van der Waals surface area contributed by atoms with Gasteiger partial charge in [-0.3, -0.25) is 9.59 Å². The zero-order chi connectivity index (χ0) is 15.6. The van der Waals surface area contributed by atoms with Gasteiger partial charge in [-0.2, -0.15) is 0 Å². The molecule has 0 aliphatic carbocycles. The molecule has 0 radical (unpaired) electrons. The van der Waals surface area contributed by atoms with Crippen molar-refractivity contribution in [3.05, 3.63) is 34.9 Å². The third-order valence-corrected chi connectivity index (χ3v) is 4.33. The lowest BCUT2D eigenvalue weighted by atomic mass is 9.94. The van der Waals surface area contributed by atoms with Crippen LogP contribution in [-0.2, 0) is 4.79 Å². The van der Waals surface area contributed by atoms with Gasteiger partial charge >= 0.3 is 0 Å². The molecule has 1 saturated heterocycles. The van der Waals surface area contributed by atoms with Gasteiger partial charge < -0.3 is 10.6 Å². The van der Waals surface area contributed by atoms with Crippen molar-refractivity contribution in [2.24, 2.45) is 11.7 Å². The van der Waals surface area contributed by atoms with Crippen LogP contribution < -0.4 is 5.73 Å². The summed E-state index contributed by atoms with van der Waals surface area (Å²) in [5.74, 6) is 0.183. The molecule has 1 aliphatic heterocycles. The molecule has 2 amide bonds. The van der Waals surface area contributed by atoms with Crippen molar-refractivity contribution in [1.82, 2.24) is 4.90 Å². The number of nitrogens with zero attached hydrogens (tertiary/aromatic N) is 1. The Bertz CT molecular complexity index is 544. The molecule has 0 unspecified atom stereocenters. The summed E-state index contributed by atoms with van der Waals surface area (Å²) in [5.41, 5.74) is 8.35. The average molecular weight is 288 g/mol. The first kappa shape index (κ1) is 15.5. The van der Waals surface area contributed by atoms with E-state index in [1.54, 1.807) is 0 Å². The van der Waals surface area contributed by atoms with Crippen molar-refractivity contribution in [2.75, 3.05) is 13.1 Å². The third kappa shape index (κ3) is 3.43. The molecule has 0 spiro atoms. The summed E-state index contributed by atoms with van der Waals surface area (Å²) in [4.78, 5) is 25.6. The van der Waals surface area contributed by atoms with Crippen LogP contribution >= 0.6 is 0 Å². The molecule has 4 heteroatoms. The number of likely N-dealkylation sites (tertiary alicyclic amines) is 1. The van der Waals surface area contributed by atoms with Gasteiger partial charge in [0.2, 0.25) is 5.91 Å². The summed E-state index contributed by atoms with van der Waals surface area (Å²) in [6.07, 6.45) is 1.34. The van der Waals surface area contributed by atoms with Gasteiger partial charge in [0.15, 0.2) is 0 Å². The Labute approximate surface area is 126 Å². The van der Waals surface area contributed by atoms with Crippen LogP contribution in [0.1, 0.15) is 54.1 Å². The van der Waals surface area contributed by atoms with Crippen molar-refractivity contribution in [2.45, 2.75) is 39.5 Å². The minimum atomic E-state index is -0.250. The zero-order valence-electron chi connectivity index (χ0n) is 13.1. The second-order valence-electron chi connectivity index (χ2n) is 6.20. The highest BCUT2D eigenvalue weighted by molar-refractivity contribution is 5.96. The van der Waals surface area contributed by atoms with Crippen molar-refractivity contribution >= 4 is 11.8 Å². The van der Waals surface area contributed by atoms with E-state index in [4.69, 9.17) is 5.73 Å². The zero-order valence-corrected chi connectivity index (χ0v) is 13.1. The van der Waals surface area contributed by atoms with Crippen molar-refractivity contribution in [3.8, 4) is 0 Å². The number of carbonyl (C=O) groups excluding carboxylic acids is 2. The number of benzene rings is 1. The molecule has 1 aromatic rings. The van der Waals surface area contributed by atoms with Crippen LogP contribution in [0, 0.1) is 12.8 Å². The predicted molar refractivity (Wildman–Crippen MR) is 83.1 cm³/mol. The van der Waals surface area contributed by atoms with Crippen LogP contribution in [0.2, 0.25) is 0 Å². The summed E-state index contributed by atoms with van der Waals surface area (Å²) in [6, 6.07) is 6.04. The van der Waals surface area contributed by atoms with Crippen LogP contribution in [0.5, 0.6) is 0 Å². The molecule has 1 aliphatic rings. The molecule has 1 fully saturated rings. The van der Waals surface area contributed by atoms with E-state index in [1.165, 1.54) is 5.56 Å². The largest absolute Gasteiger partial charge is 0.369 e. The Morgan fingerprint density at radius 3 is 2.33 bits per heavy atom. The van der Waals surface area contributed by atoms with Crippen LogP contribution in [0.25, 0.3) is 0 Å². The van der Waals surface area contributed by atoms with E-state index in [0.717, 1.165) is 11.1 Å². The van der Waals surface area contributed by atoms with E-state index >= 15 is 0 Å². The van der Waals surface area contributed by atoms with E-state index in [1.807, 2.05) is 24.0 Å². The van der Waals surface area contributed by atoms with Gasteiger partial charge in [0.1, 0.15) is 0 Å². The number of amides is 2. The number of aryl methyl sites for hydroxylation is 1. The number of nitrogens with two attached hydrogens (primary N) is 1.